The molecule has 78 valence electrons. The minimum absolute atomic E-state index is 0.241. The van der Waals surface area contributed by atoms with Gasteiger partial charge in [-0.05, 0) is 25.8 Å². The molecule has 14 heavy (non-hydrogen) atoms. The smallest absolute Gasteiger partial charge is 0.122 e. The first-order valence-corrected chi connectivity index (χ1v) is 5.78. The molecule has 4 heteroatoms. The average Bonchev–Trinajstić information content (AvgIpc) is 2.90. The van der Waals surface area contributed by atoms with E-state index in [2.05, 4.69) is 10.3 Å². The number of nitrogens with one attached hydrogen (secondary N) is 1. The molecule has 0 aromatic carbocycles. The van der Waals surface area contributed by atoms with Crippen molar-refractivity contribution >= 4 is 11.3 Å². The van der Waals surface area contributed by atoms with E-state index in [1.807, 2.05) is 13.2 Å². The van der Waals surface area contributed by atoms with Crippen molar-refractivity contribution in [3.8, 4) is 0 Å². The van der Waals surface area contributed by atoms with Gasteiger partial charge in [0.15, 0.2) is 0 Å². The maximum absolute atomic E-state index is 5.48. The van der Waals surface area contributed by atoms with Crippen LogP contribution in [-0.4, -0.2) is 19.1 Å². The number of methoxy groups -OCH3 is 1. The maximum atomic E-state index is 5.48. The molecule has 1 N–H and O–H groups in total. The lowest BCUT2D eigenvalue weighted by atomic mass is 10.2. The Morgan fingerprint density at radius 3 is 3.07 bits per heavy atom. The van der Waals surface area contributed by atoms with Crippen molar-refractivity contribution in [3.05, 3.63) is 16.1 Å². The van der Waals surface area contributed by atoms with Crippen molar-refractivity contribution in [1.29, 1.82) is 0 Å². The lowest BCUT2D eigenvalue weighted by molar-refractivity contribution is 0.0844. The van der Waals surface area contributed by atoms with Crippen molar-refractivity contribution in [2.45, 2.75) is 25.5 Å². The summed E-state index contributed by atoms with van der Waals surface area (Å²) in [4.78, 5) is 5.70. The molecule has 0 saturated heterocycles. The van der Waals surface area contributed by atoms with E-state index in [1.54, 1.807) is 18.4 Å². The topological polar surface area (TPSA) is 34.2 Å². The van der Waals surface area contributed by atoms with Crippen molar-refractivity contribution < 1.29 is 4.74 Å². The standard InChI is InChI=1S/C10H16N2OS/c1-11-5-8-6-12-10(14-8)9(13-2)7-3-4-7/h6-7,9,11H,3-5H2,1-2H3. The van der Waals surface area contributed by atoms with Gasteiger partial charge in [0.2, 0.25) is 0 Å². The number of nitrogens with zero attached hydrogens (tertiary/aromatic N) is 1. The van der Waals surface area contributed by atoms with Gasteiger partial charge in [-0.2, -0.15) is 0 Å². The minimum Gasteiger partial charge on any atom is -0.374 e. The zero-order valence-corrected chi connectivity index (χ0v) is 9.43. The fraction of sp³-hybridized carbons (Fsp3) is 0.700. The number of ether oxygens (including phenoxy) is 1. The fourth-order valence-corrected chi connectivity index (χ4v) is 2.70. The quantitative estimate of drug-likeness (QED) is 0.810. The van der Waals surface area contributed by atoms with E-state index in [0.29, 0.717) is 5.92 Å². The molecule has 1 aromatic heterocycles. The van der Waals surface area contributed by atoms with Gasteiger partial charge in [0.25, 0.3) is 0 Å². The molecule has 1 atom stereocenters. The predicted molar refractivity (Wildman–Crippen MR) is 57.4 cm³/mol. The van der Waals surface area contributed by atoms with E-state index in [0.717, 1.165) is 11.6 Å². The molecular formula is C10H16N2OS. The summed E-state index contributed by atoms with van der Waals surface area (Å²) in [6.07, 6.45) is 4.77. The molecule has 1 aliphatic carbocycles. The van der Waals surface area contributed by atoms with Crippen LogP contribution >= 0.6 is 11.3 Å². The lowest BCUT2D eigenvalue weighted by Crippen LogP contribution is -2.03. The third-order valence-corrected chi connectivity index (χ3v) is 3.53. The van der Waals surface area contributed by atoms with Gasteiger partial charge in [0, 0.05) is 24.7 Å². The Bertz CT molecular complexity index is 296. The van der Waals surface area contributed by atoms with Crippen LogP contribution in [0, 0.1) is 5.92 Å². The summed E-state index contributed by atoms with van der Waals surface area (Å²) < 4.78 is 5.48. The molecule has 0 aliphatic heterocycles. The van der Waals surface area contributed by atoms with Crippen LogP contribution in [-0.2, 0) is 11.3 Å². The number of aromatic nitrogens is 1. The van der Waals surface area contributed by atoms with Gasteiger partial charge in [-0.25, -0.2) is 4.98 Å². The predicted octanol–water partition coefficient (Wildman–Crippen LogP) is 1.96. The van der Waals surface area contributed by atoms with E-state index < -0.39 is 0 Å². The second-order valence-electron chi connectivity index (χ2n) is 3.69. The Morgan fingerprint density at radius 2 is 2.50 bits per heavy atom. The van der Waals surface area contributed by atoms with E-state index in [-0.39, 0.29) is 6.10 Å². The van der Waals surface area contributed by atoms with Gasteiger partial charge in [-0.15, -0.1) is 11.3 Å². The molecule has 0 spiro atoms. The third kappa shape index (κ3) is 2.13. The molecule has 0 radical (unpaired) electrons. The van der Waals surface area contributed by atoms with Gasteiger partial charge in [-0.3, -0.25) is 0 Å². The zero-order valence-electron chi connectivity index (χ0n) is 8.62. The summed E-state index contributed by atoms with van der Waals surface area (Å²) >= 11 is 1.76. The SMILES string of the molecule is CNCc1cnc(C(OC)C2CC2)s1. The van der Waals surface area contributed by atoms with Gasteiger partial charge in [0.1, 0.15) is 11.1 Å². The molecule has 1 aliphatic rings. The van der Waals surface area contributed by atoms with Crippen LogP contribution in [0.1, 0.15) is 28.8 Å². The Balaban J connectivity index is 2.05. The molecule has 3 nitrogen and oxygen atoms in total. The molecule has 1 aromatic rings. The van der Waals surface area contributed by atoms with Crippen molar-refractivity contribution in [2.24, 2.45) is 5.92 Å². The maximum Gasteiger partial charge on any atom is 0.122 e. The molecule has 2 rings (SSSR count). The summed E-state index contributed by atoms with van der Waals surface area (Å²) in [7, 11) is 3.73. The minimum atomic E-state index is 0.241. The Morgan fingerprint density at radius 1 is 1.71 bits per heavy atom. The van der Waals surface area contributed by atoms with Crippen LogP contribution in [0.25, 0.3) is 0 Å². The van der Waals surface area contributed by atoms with Crippen LogP contribution in [0.15, 0.2) is 6.20 Å². The van der Waals surface area contributed by atoms with Crippen molar-refractivity contribution in [1.82, 2.24) is 10.3 Å². The van der Waals surface area contributed by atoms with Crippen LogP contribution in [0.2, 0.25) is 0 Å². The van der Waals surface area contributed by atoms with Crippen LogP contribution in [0.3, 0.4) is 0 Å². The summed E-state index contributed by atoms with van der Waals surface area (Å²) in [6, 6.07) is 0. The Labute approximate surface area is 88.5 Å². The highest BCUT2D eigenvalue weighted by atomic mass is 32.1. The summed E-state index contributed by atoms with van der Waals surface area (Å²) in [5.74, 6) is 0.716. The monoisotopic (exact) mass is 212 g/mol. The first-order chi connectivity index (χ1) is 6.85. The molecule has 0 amide bonds. The van der Waals surface area contributed by atoms with Crippen LogP contribution in [0.4, 0.5) is 0 Å². The van der Waals surface area contributed by atoms with E-state index in [9.17, 15) is 0 Å². The highest BCUT2D eigenvalue weighted by Crippen LogP contribution is 2.43. The highest BCUT2D eigenvalue weighted by molar-refractivity contribution is 7.11. The highest BCUT2D eigenvalue weighted by Gasteiger charge is 2.34. The summed E-state index contributed by atoms with van der Waals surface area (Å²) in [5.41, 5.74) is 0. The number of hydrogen-bond acceptors (Lipinski definition) is 4. The first kappa shape index (κ1) is 10.1. The van der Waals surface area contributed by atoms with Gasteiger partial charge >= 0.3 is 0 Å². The molecule has 1 fully saturated rings. The van der Waals surface area contributed by atoms with Crippen LogP contribution < -0.4 is 5.32 Å². The van der Waals surface area contributed by atoms with Gasteiger partial charge < -0.3 is 10.1 Å². The van der Waals surface area contributed by atoms with Gasteiger partial charge in [-0.1, -0.05) is 0 Å². The largest absolute Gasteiger partial charge is 0.374 e. The van der Waals surface area contributed by atoms with Crippen molar-refractivity contribution in [2.75, 3.05) is 14.2 Å². The summed E-state index contributed by atoms with van der Waals surface area (Å²) in [5, 5.41) is 4.27. The normalized spacial score (nSPS) is 18.4. The Hall–Kier alpha value is -0.450. The molecular weight excluding hydrogens is 196 g/mol. The Kier molecular flexibility index (Phi) is 3.15. The molecule has 1 heterocycles. The fourth-order valence-electron chi connectivity index (χ4n) is 1.60. The molecule has 0 bridgehead atoms. The third-order valence-electron chi connectivity index (χ3n) is 2.47. The first-order valence-electron chi connectivity index (χ1n) is 4.97. The number of thiazole rings is 1. The van der Waals surface area contributed by atoms with Gasteiger partial charge in [0.05, 0.1) is 0 Å². The van der Waals surface area contributed by atoms with E-state index in [4.69, 9.17) is 4.74 Å². The van der Waals surface area contributed by atoms with Crippen LogP contribution in [0.5, 0.6) is 0 Å². The lowest BCUT2D eigenvalue weighted by Gasteiger charge is -2.10. The van der Waals surface area contributed by atoms with Crippen molar-refractivity contribution in [3.63, 3.8) is 0 Å². The number of rotatable bonds is 5. The second kappa shape index (κ2) is 4.38. The van der Waals surface area contributed by atoms with E-state index in [1.165, 1.54) is 17.7 Å². The van der Waals surface area contributed by atoms with E-state index >= 15 is 0 Å². The number of hydrogen-bond donors (Lipinski definition) is 1. The zero-order chi connectivity index (χ0) is 9.97. The molecule has 1 saturated carbocycles. The average molecular weight is 212 g/mol. The second-order valence-corrected chi connectivity index (χ2v) is 4.84. The molecule has 1 unspecified atom stereocenters. The summed E-state index contributed by atoms with van der Waals surface area (Å²) in [6.45, 7) is 0.902.